The van der Waals surface area contributed by atoms with Crippen molar-refractivity contribution in [1.82, 2.24) is 13.7 Å². The zero-order valence-electron chi connectivity index (χ0n) is 67.3. The van der Waals surface area contributed by atoms with E-state index in [-0.39, 0.29) is 117 Å². The summed E-state index contributed by atoms with van der Waals surface area (Å²) in [5.41, 5.74) is 3.22. The molecule has 93 heavy (non-hydrogen) atoms. The summed E-state index contributed by atoms with van der Waals surface area (Å²) in [6.07, 6.45) is 0. The van der Waals surface area contributed by atoms with Crippen LogP contribution in [0.1, 0.15) is 49.6 Å². The predicted molar refractivity (Wildman–Crippen MR) is 396 cm³/mol. The van der Waals surface area contributed by atoms with E-state index in [9.17, 15) is 23.3 Å². The van der Waals surface area contributed by atoms with E-state index in [1.54, 1.807) is 0 Å². The molecule has 0 unspecified atom stereocenters. The molecule has 0 saturated heterocycles. The van der Waals surface area contributed by atoms with Crippen molar-refractivity contribution in [3.8, 4) is 39.3 Å². The minimum atomic E-state index is -1.54. The van der Waals surface area contributed by atoms with Gasteiger partial charge in [-0.3, -0.25) is 0 Å². The van der Waals surface area contributed by atoms with Crippen molar-refractivity contribution in [3.05, 3.63) is 302 Å². The van der Waals surface area contributed by atoms with Gasteiger partial charge in [0.25, 0.3) is 6.71 Å². The molecule has 434 valence electrons. The van der Waals surface area contributed by atoms with Crippen LogP contribution in [0.3, 0.4) is 0 Å². The second-order valence-electron chi connectivity index (χ2n) is 25.2. The van der Waals surface area contributed by atoms with Crippen molar-refractivity contribution in [2.24, 2.45) is 0 Å². The molecular weight excluding hydrogens is 1130 g/mol. The fourth-order valence-corrected chi connectivity index (χ4v) is 15.3. The van der Waals surface area contributed by atoms with Crippen LogP contribution in [-0.2, 0) is 5.41 Å². The lowest BCUT2D eigenvalue weighted by Gasteiger charge is -2.38. The van der Waals surface area contributed by atoms with Gasteiger partial charge in [0.15, 0.2) is 0 Å². The third-order valence-electron chi connectivity index (χ3n) is 19.2. The summed E-state index contributed by atoms with van der Waals surface area (Å²) in [4.78, 5) is 0. The lowest BCUT2D eigenvalue weighted by Crippen LogP contribution is -2.60. The Bertz CT molecular complexity index is 7470. The number of fused-ring (bicyclic) bond motifs is 25. The van der Waals surface area contributed by atoms with E-state index in [1.807, 2.05) is 218 Å². The summed E-state index contributed by atoms with van der Waals surface area (Å²) in [6.45, 7) is 4.33. The fourth-order valence-electron chi connectivity index (χ4n) is 15.3. The number of nitrogens with zero attached hydrogens (tertiary/aromatic N) is 3. The molecule has 6 heterocycles. The van der Waals surface area contributed by atoms with Gasteiger partial charge in [-0.1, -0.05) is 281 Å². The lowest BCUT2D eigenvalue weighted by atomic mass is 9.34. The zero-order chi connectivity index (χ0) is 76.2. The van der Waals surface area contributed by atoms with E-state index >= 15 is 0 Å². The predicted octanol–water partition coefficient (Wildman–Crippen LogP) is 21.5. The van der Waals surface area contributed by atoms with Crippen LogP contribution < -0.4 is 16.4 Å². The summed E-state index contributed by atoms with van der Waals surface area (Å²) in [5.74, 6) is 0. The number of rotatable bonds is 3. The Morgan fingerprint density at radius 2 is 0.763 bits per heavy atom. The van der Waals surface area contributed by atoms with Gasteiger partial charge in [-0.15, -0.1) is 0 Å². The van der Waals surface area contributed by atoms with Crippen molar-refractivity contribution in [2.45, 2.75) is 26.2 Å². The number of furan rings is 1. The second-order valence-corrected chi connectivity index (χ2v) is 25.2. The number of para-hydroxylation sites is 5. The molecule has 0 fully saturated rings. The van der Waals surface area contributed by atoms with E-state index in [0.717, 1.165) is 21.9 Å². The molecule has 4 aromatic heterocycles. The van der Waals surface area contributed by atoms with E-state index in [1.165, 1.54) is 4.57 Å². The fraction of sp³-hybridized carbons (Fsp3) is 0.0455. The van der Waals surface area contributed by atoms with Gasteiger partial charge in [-0.05, 0) is 118 Å². The standard InChI is InChI=1S/C88H58BN3O/c1-88(2,3)55-50-77-82-78(51-55)92-84-57(54-28-8-5-9-29-54)42-25-44-70(84)63-35-13-11-31-59(63)61-33-15-17-40-68(61)81-86(92)73(52-71-66-38-20-23-47-79(66)93-87(71)81)89(82)72-48-49-76(90-74-45-21-18-36-64(74)65-37-19-22-46-75(65)90)80-67-39-16-14-32-60(67)58-30-10-12-34-62(58)69-43-24-41-56(53-26-6-4-7-27-53)83(69)91(77)85(72)80/h4-52H,1-3H3/i18D,19D,20D,21D,22D,23D,36D,37D,38D,45D,46D,47D,48D,49D,50D,51D,52D. The Kier molecular flexibility index (Phi) is 7.97. The molecule has 0 radical (unpaired) electrons. The molecule has 0 aliphatic carbocycles. The molecule has 0 spiro atoms. The van der Waals surface area contributed by atoms with Gasteiger partial charge in [0.1, 0.15) is 11.2 Å². The third-order valence-corrected chi connectivity index (χ3v) is 19.2. The maximum atomic E-state index is 11.7. The molecule has 14 aromatic carbocycles. The molecule has 18 aromatic rings. The molecule has 2 aliphatic rings. The molecule has 20 rings (SSSR count). The Morgan fingerprint density at radius 3 is 1.29 bits per heavy atom. The van der Waals surface area contributed by atoms with Crippen LogP contribution in [0.15, 0.2) is 301 Å². The Labute approximate surface area is 560 Å². The molecule has 0 N–H and O–H groups in total. The minimum Gasteiger partial charge on any atom is -0.455 e. The molecular formula is C88H58BN3O. The van der Waals surface area contributed by atoms with Gasteiger partial charge in [0.05, 0.1) is 62.1 Å². The summed E-state index contributed by atoms with van der Waals surface area (Å²) in [5, 5.41) is 6.26. The lowest BCUT2D eigenvalue weighted by molar-refractivity contribution is 0.589. The van der Waals surface area contributed by atoms with Crippen molar-refractivity contribution >= 4 is 154 Å². The maximum Gasteiger partial charge on any atom is 0.252 e. The van der Waals surface area contributed by atoms with Crippen LogP contribution in [0.4, 0.5) is 0 Å². The third kappa shape index (κ3) is 7.28. The van der Waals surface area contributed by atoms with Crippen LogP contribution in [0.2, 0.25) is 0 Å². The Morgan fingerprint density at radius 1 is 0.333 bits per heavy atom. The summed E-state index contributed by atoms with van der Waals surface area (Å²) >= 11 is 0. The summed E-state index contributed by atoms with van der Waals surface area (Å²) in [6, 6.07) is 53.7. The average molecular weight is 1200 g/mol. The summed E-state index contributed by atoms with van der Waals surface area (Å²) in [7, 11) is 0. The molecule has 0 bridgehead atoms. The van der Waals surface area contributed by atoms with Crippen molar-refractivity contribution < 1.29 is 27.7 Å². The van der Waals surface area contributed by atoms with E-state index in [0.29, 0.717) is 70.6 Å². The zero-order valence-corrected chi connectivity index (χ0v) is 50.3. The highest BCUT2D eigenvalue weighted by Gasteiger charge is 2.42. The van der Waals surface area contributed by atoms with Crippen molar-refractivity contribution in [2.75, 3.05) is 0 Å². The van der Waals surface area contributed by atoms with Crippen LogP contribution in [0, 0.1) is 0 Å². The van der Waals surface area contributed by atoms with E-state index in [4.69, 9.17) is 4.42 Å². The monoisotopic (exact) mass is 1200 g/mol. The van der Waals surface area contributed by atoms with E-state index in [2.05, 4.69) is 6.07 Å². The van der Waals surface area contributed by atoms with Gasteiger partial charge < -0.3 is 18.1 Å². The Hall–Kier alpha value is -11.7. The molecule has 0 atom stereocenters. The molecule has 0 saturated carbocycles. The SMILES string of the molecule is [2H]c1c2c3c(c([2H])c1C(C)(C)C)-n1c4c(-c5ccccc5)cccc4c4ccccc4c4ccccc4c4c5oc6c([2H])c([2H])c([2H])c([2H])c6c5c([2H])c(c41)B3c1c([2H])c([2H])c(-n3c4c([2H])c([2H])c([2H])c([2H])c4c4c([2H])c([2H])c([2H])c([2H])c43)c3c4ccccc4c4ccccc4c4cccc(-c5ccccc5)c4n-2c13. The first-order valence-corrected chi connectivity index (χ1v) is 31.2. The molecule has 4 nitrogen and oxygen atoms in total. The normalized spacial score (nSPS) is 15.2. The number of hydrogen-bond donors (Lipinski definition) is 0. The number of benzene rings is 14. The topological polar surface area (TPSA) is 27.9 Å². The van der Waals surface area contributed by atoms with Gasteiger partial charge >= 0.3 is 0 Å². The first-order chi connectivity index (χ1) is 53.0. The van der Waals surface area contributed by atoms with Crippen LogP contribution in [-0.4, -0.2) is 20.4 Å². The highest BCUT2D eigenvalue weighted by atomic mass is 16.3. The molecule has 2 aliphatic heterocycles. The first-order valence-electron chi connectivity index (χ1n) is 39.7. The quantitative estimate of drug-likeness (QED) is 0.162. The second kappa shape index (κ2) is 19.4. The molecule has 5 heteroatoms. The highest BCUT2D eigenvalue weighted by Crippen LogP contribution is 2.48. The smallest absolute Gasteiger partial charge is 0.252 e. The van der Waals surface area contributed by atoms with Gasteiger partial charge in [-0.2, -0.15) is 0 Å². The largest absolute Gasteiger partial charge is 0.455 e. The highest BCUT2D eigenvalue weighted by molar-refractivity contribution is 7.00. The van der Waals surface area contributed by atoms with Gasteiger partial charge in [0.2, 0.25) is 0 Å². The molecule has 0 amide bonds. The maximum absolute atomic E-state index is 11.7. The van der Waals surface area contributed by atoms with E-state index < -0.39 is 96.7 Å². The van der Waals surface area contributed by atoms with Crippen molar-refractivity contribution in [1.29, 1.82) is 0 Å². The average Bonchev–Trinajstić information content (AvgIpc) is 1.10. The number of hydrogen-bond acceptors (Lipinski definition) is 1. The van der Waals surface area contributed by atoms with Gasteiger partial charge in [-0.25, -0.2) is 0 Å². The Balaban J connectivity index is 1.21. The van der Waals surface area contributed by atoms with Crippen LogP contribution >= 0.6 is 0 Å². The van der Waals surface area contributed by atoms with Crippen LogP contribution in [0.5, 0.6) is 0 Å². The van der Waals surface area contributed by atoms with Gasteiger partial charge in [0, 0.05) is 65.6 Å². The van der Waals surface area contributed by atoms with Crippen molar-refractivity contribution in [3.63, 3.8) is 0 Å². The summed E-state index contributed by atoms with van der Waals surface area (Å²) < 4.78 is 186. The first kappa shape index (κ1) is 38.1. The minimum absolute atomic E-state index is 0.00414. The number of aromatic nitrogens is 3. The van der Waals surface area contributed by atoms with Crippen LogP contribution in [0.25, 0.3) is 170 Å².